The number of aromatic nitrogens is 3. The fraction of sp³-hybridized carbons (Fsp3) is 0. The van der Waals surface area contributed by atoms with Gasteiger partial charge in [0.25, 0.3) is 0 Å². The van der Waals surface area contributed by atoms with Gasteiger partial charge in [-0.2, -0.15) is 0 Å². The van der Waals surface area contributed by atoms with Gasteiger partial charge in [-0.15, -0.1) is 11.3 Å². The smallest absolute Gasteiger partial charge is 0.165 e. The van der Waals surface area contributed by atoms with E-state index >= 15 is 0 Å². The van der Waals surface area contributed by atoms with Crippen molar-refractivity contribution >= 4 is 96.7 Å². The van der Waals surface area contributed by atoms with E-state index in [1.807, 2.05) is 23.5 Å². The molecule has 4 heteroatoms. The first-order valence-electron chi connectivity index (χ1n) is 16.3. The van der Waals surface area contributed by atoms with Gasteiger partial charge in [0.2, 0.25) is 0 Å². The number of thiophene rings is 1. The molecule has 8 aromatic carbocycles. The van der Waals surface area contributed by atoms with Crippen LogP contribution >= 0.6 is 11.3 Å². The van der Waals surface area contributed by atoms with Gasteiger partial charge in [-0.3, -0.25) is 4.57 Å². The Kier molecular flexibility index (Phi) is 5.26. The Hall–Kier alpha value is -6.10. The van der Waals surface area contributed by atoms with Gasteiger partial charge in [-0.25, -0.2) is 9.97 Å². The van der Waals surface area contributed by atoms with Crippen molar-refractivity contribution in [2.45, 2.75) is 0 Å². The van der Waals surface area contributed by atoms with Crippen molar-refractivity contribution in [1.82, 2.24) is 14.5 Å². The molecule has 0 N–H and O–H groups in total. The van der Waals surface area contributed by atoms with E-state index in [0.717, 1.165) is 33.6 Å². The summed E-state index contributed by atoms with van der Waals surface area (Å²) in [5, 5.41) is 12.7. The summed E-state index contributed by atoms with van der Waals surface area (Å²) in [7, 11) is 0. The summed E-state index contributed by atoms with van der Waals surface area (Å²) in [4.78, 5) is 10.8. The van der Waals surface area contributed by atoms with E-state index in [2.05, 4.69) is 144 Å². The van der Waals surface area contributed by atoms with E-state index in [1.165, 1.54) is 68.8 Å². The zero-order valence-corrected chi connectivity index (χ0v) is 26.5. The highest BCUT2D eigenvalue weighted by atomic mass is 32.1. The molecule has 222 valence electrons. The third kappa shape index (κ3) is 3.47. The Labute approximate surface area is 278 Å². The van der Waals surface area contributed by atoms with E-state index in [1.54, 1.807) is 0 Å². The van der Waals surface area contributed by atoms with Crippen LogP contribution in [0.4, 0.5) is 0 Å². The first kappa shape index (κ1) is 26.0. The summed E-state index contributed by atoms with van der Waals surface area (Å²) in [5.41, 5.74) is 5.99. The Balaban J connectivity index is 1.46. The molecule has 3 heterocycles. The normalized spacial score (nSPS) is 12.2. The highest BCUT2D eigenvalue weighted by Crippen LogP contribution is 2.50. The van der Waals surface area contributed by atoms with Crippen LogP contribution in [-0.4, -0.2) is 14.5 Å². The molecule has 0 spiro atoms. The lowest BCUT2D eigenvalue weighted by Gasteiger charge is -2.14. The highest BCUT2D eigenvalue weighted by Gasteiger charge is 2.26. The van der Waals surface area contributed by atoms with Crippen LogP contribution in [0.15, 0.2) is 152 Å². The predicted molar refractivity (Wildman–Crippen MR) is 205 cm³/mol. The van der Waals surface area contributed by atoms with Crippen molar-refractivity contribution in [2.75, 3.05) is 0 Å². The third-order valence-corrected chi connectivity index (χ3v) is 11.1. The summed E-state index contributed by atoms with van der Waals surface area (Å²) in [6.45, 7) is 0. The van der Waals surface area contributed by atoms with Gasteiger partial charge in [0, 0.05) is 31.8 Å². The van der Waals surface area contributed by atoms with Crippen molar-refractivity contribution in [3.8, 4) is 17.1 Å². The molecular weight excluding hydrogens is 603 g/mol. The molecule has 3 nitrogen and oxygen atoms in total. The maximum atomic E-state index is 5.47. The number of hydrogen-bond acceptors (Lipinski definition) is 3. The fourth-order valence-electron chi connectivity index (χ4n) is 7.91. The number of benzene rings is 8. The van der Waals surface area contributed by atoms with E-state index in [4.69, 9.17) is 9.97 Å². The highest BCUT2D eigenvalue weighted by molar-refractivity contribution is 7.27. The average molecular weight is 628 g/mol. The molecule has 0 aliphatic heterocycles. The molecule has 0 atom stereocenters. The lowest BCUT2D eigenvalue weighted by molar-refractivity contribution is 1.08. The van der Waals surface area contributed by atoms with Crippen LogP contribution in [0.5, 0.6) is 0 Å². The maximum Gasteiger partial charge on any atom is 0.165 e. The average Bonchev–Trinajstić information content (AvgIpc) is 3.72. The SMILES string of the molecule is c1ccc(-c2nc3ccccc3nc2-n2c3ccc4ccccc4c3c3c4ccccc4c4c(sc5ccc6ccccc6c54)c32)cc1. The molecule has 0 fully saturated rings. The van der Waals surface area contributed by atoms with Crippen molar-refractivity contribution in [3.63, 3.8) is 0 Å². The third-order valence-electron chi connectivity index (χ3n) is 9.93. The Morgan fingerprint density at radius 1 is 0.438 bits per heavy atom. The molecule has 0 aliphatic rings. The molecule has 11 rings (SSSR count). The van der Waals surface area contributed by atoms with E-state index in [0.29, 0.717) is 0 Å². The molecular formula is C44H25N3S. The fourth-order valence-corrected chi connectivity index (χ4v) is 9.18. The van der Waals surface area contributed by atoms with E-state index in [9.17, 15) is 0 Å². The van der Waals surface area contributed by atoms with Crippen LogP contribution < -0.4 is 0 Å². The van der Waals surface area contributed by atoms with Crippen LogP contribution in [0.2, 0.25) is 0 Å². The zero-order chi connectivity index (χ0) is 31.3. The molecule has 3 aromatic heterocycles. The Bertz CT molecular complexity index is 3120. The lowest BCUT2D eigenvalue weighted by atomic mass is 9.95. The minimum atomic E-state index is 0.842. The van der Waals surface area contributed by atoms with E-state index < -0.39 is 0 Å². The quantitative estimate of drug-likeness (QED) is 0.191. The predicted octanol–water partition coefficient (Wildman–Crippen LogP) is 12.2. The standard InChI is InChI=1S/C44H25N3S/c1-2-14-28(15-3-1)41-44(46-34-21-11-10-20-33(34)45-41)47-35-24-22-26-12-4-6-16-29(26)37(35)39-31-18-8-9-19-32(31)40-38-30-17-7-5-13-27(30)23-25-36(38)48-43(40)42(39)47/h1-25H. The Morgan fingerprint density at radius 2 is 1.02 bits per heavy atom. The first-order chi connectivity index (χ1) is 23.8. The van der Waals surface area contributed by atoms with Gasteiger partial charge in [0.05, 0.1) is 26.8 Å². The minimum Gasteiger partial charge on any atom is -0.290 e. The van der Waals surface area contributed by atoms with Crippen molar-refractivity contribution in [3.05, 3.63) is 152 Å². The molecule has 0 saturated heterocycles. The van der Waals surface area contributed by atoms with Crippen molar-refractivity contribution < 1.29 is 0 Å². The minimum absolute atomic E-state index is 0.842. The topological polar surface area (TPSA) is 30.7 Å². The van der Waals surface area contributed by atoms with E-state index in [-0.39, 0.29) is 0 Å². The summed E-state index contributed by atoms with van der Waals surface area (Å²) in [6.07, 6.45) is 0. The number of para-hydroxylation sites is 2. The molecule has 0 aliphatic carbocycles. The molecule has 0 bridgehead atoms. The van der Waals surface area contributed by atoms with Crippen molar-refractivity contribution in [2.24, 2.45) is 0 Å². The van der Waals surface area contributed by atoms with Crippen molar-refractivity contribution in [1.29, 1.82) is 0 Å². The molecule has 0 amide bonds. The summed E-state index contributed by atoms with van der Waals surface area (Å²) in [5.74, 6) is 0.842. The van der Waals surface area contributed by atoms with Gasteiger partial charge >= 0.3 is 0 Å². The Morgan fingerprint density at radius 3 is 1.77 bits per heavy atom. The summed E-state index contributed by atoms with van der Waals surface area (Å²) >= 11 is 1.89. The molecule has 11 aromatic rings. The molecule has 0 unspecified atom stereocenters. The molecule has 0 radical (unpaired) electrons. The molecule has 48 heavy (non-hydrogen) atoms. The second kappa shape index (κ2) is 9.71. The van der Waals surface area contributed by atoms with Crippen LogP contribution in [0.1, 0.15) is 0 Å². The number of hydrogen-bond donors (Lipinski definition) is 0. The second-order valence-electron chi connectivity index (χ2n) is 12.5. The summed E-state index contributed by atoms with van der Waals surface area (Å²) in [6, 6.07) is 54.3. The van der Waals surface area contributed by atoms with Gasteiger partial charge in [-0.05, 0) is 56.6 Å². The zero-order valence-electron chi connectivity index (χ0n) is 25.7. The van der Waals surface area contributed by atoms with Crippen LogP contribution in [0, 0.1) is 0 Å². The lowest BCUT2D eigenvalue weighted by Crippen LogP contribution is -2.03. The van der Waals surface area contributed by atoms with Gasteiger partial charge in [0.1, 0.15) is 5.69 Å². The first-order valence-corrected chi connectivity index (χ1v) is 17.1. The van der Waals surface area contributed by atoms with Crippen LogP contribution in [-0.2, 0) is 0 Å². The van der Waals surface area contributed by atoms with Crippen LogP contribution in [0.25, 0.3) is 102 Å². The largest absolute Gasteiger partial charge is 0.290 e. The maximum absolute atomic E-state index is 5.47. The number of nitrogens with zero attached hydrogens (tertiary/aromatic N) is 3. The molecule has 0 saturated carbocycles. The number of fused-ring (bicyclic) bond motifs is 15. The summed E-state index contributed by atoms with van der Waals surface area (Å²) < 4.78 is 4.98. The monoisotopic (exact) mass is 627 g/mol. The van der Waals surface area contributed by atoms with Gasteiger partial charge in [-0.1, -0.05) is 127 Å². The number of rotatable bonds is 2. The second-order valence-corrected chi connectivity index (χ2v) is 13.6. The van der Waals surface area contributed by atoms with Gasteiger partial charge in [0.15, 0.2) is 5.82 Å². The van der Waals surface area contributed by atoms with Crippen LogP contribution in [0.3, 0.4) is 0 Å². The van der Waals surface area contributed by atoms with Gasteiger partial charge < -0.3 is 0 Å².